The number of nitrogens with one attached hydrogen (secondary N) is 1. The van der Waals surface area contributed by atoms with Crippen LogP contribution in [0.3, 0.4) is 0 Å². The molecule has 2 heterocycles. The second kappa shape index (κ2) is 8.39. The Kier molecular flexibility index (Phi) is 5.93. The van der Waals surface area contributed by atoms with E-state index in [-0.39, 0.29) is 23.8 Å². The molecule has 1 amide bonds. The van der Waals surface area contributed by atoms with Crippen molar-refractivity contribution >= 4 is 28.3 Å². The van der Waals surface area contributed by atoms with Gasteiger partial charge in [-0.3, -0.25) is 4.79 Å². The van der Waals surface area contributed by atoms with Gasteiger partial charge in [-0.25, -0.2) is 4.79 Å². The molecule has 0 saturated carbocycles. The number of methoxy groups -OCH3 is 1. The van der Waals surface area contributed by atoms with Gasteiger partial charge in [0.2, 0.25) is 11.0 Å². The third-order valence-electron chi connectivity index (χ3n) is 4.66. The summed E-state index contributed by atoms with van der Waals surface area (Å²) in [4.78, 5) is 23.9. The van der Waals surface area contributed by atoms with Gasteiger partial charge in [0.1, 0.15) is 29.2 Å². The van der Waals surface area contributed by atoms with Crippen molar-refractivity contribution < 1.29 is 24.2 Å². The first-order chi connectivity index (χ1) is 13.4. The summed E-state index contributed by atoms with van der Waals surface area (Å²) in [5, 5.41) is 21.2. The van der Waals surface area contributed by atoms with Gasteiger partial charge in [-0.2, -0.15) is 0 Å². The van der Waals surface area contributed by atoms with Crippen LogP contribution in [0.25, 0.3) is 0 Å². The molecule has 0 atom stereocenters. The molecule has 3 rings (SSSR count). The number of phenolic OH excluding ortho intramolecular Hbond substituents is 1. The van der Waals surface area contributed by atoms with E-state index in [9.17, 15) is 14.7 Å². The summed E-state index contributed by atoms with van der Waals surface area (Å²) in [6.45, 7) is 3.90. The van der Waals surface area contributed by atoms with E-state index >= 15 is 0 Å². The minimum absolute atomic E-state index is 0.0991. The van der Waals surface area contributed by atoms with Crippen LogP contribution in [0.15, 0.2) is 17.2 Å². The highest BCUT2D eigenvalue weighted by Gasteiger charge is 2.31. The number of phenols is 1. The first-order valence-corrected chi connectivity index (χ1v) is 9.60. The first kappa shape index (κ1) is 19.8. The number of esters is 1. The Balaban J connectivity index is 1.71. The molecule has 0 radical (unpaired) electrons. The molecule has 0 fully saturated rings. The maximum atomic E-state index is 11.9. The monoisotopic (exact) mass is 403 g/mol. The smallest absolute Gasteiger partial charge is 0.342 e. The molecule has 0 bridgehead atoms. The topological polar surface area (TPSA) is 111 Å². The van der Waals surface area contributed by atoms with Gasteiger partial charge >= 0.3 is 5.97 Å². The lowest BCUT2D eigenvalue weighted by Crippen LogP contribution is -2.11. The second-order valence-electron chi connectivity index (χ2n) is 6.46. The number of anilines is 1. The van der Waals surface area contributed by atoms with Gasteiger partial charge in [0.25, 0.3) is 0 Å². The molecule has 1 aliphatic heterocycles. The lowest BCUT2D eigenvalue weighted by molar-refractivity contribution is -0.116. The number of aromatic nitrogens is 2. The van der Waals surface area contributed by atoms with E-state index in [2.05, 4.69) is 15.5 Å². The van der Waals surface area contributed by atoms with Crippen molar-refractivity contribution in [2.24, 2.45) is 0 Å². The molecule has 9 heteroatoms. The first-order valence-electron chi connectivity index (χ1n) is 8.72. The summed E-state index contributed by atoms with van der Waals surface area (Å²) in [6, 6.07) is 0. The van der Waals surface area contributed by atoms with Gasteiger partial charge in [0.15, 0.2) is 0 Å². The van der Waals surface area contributed by atoms with Crippen molar-refractivity contribution in [3.8, 4) is 11.5 Å². The predicted molar refractivity (Wildman–Crippen MR) is 104 cm³/mol. The Hall–Kier alpha value is -2.94. The van der Waals surface area contributed by atoms with Crippen molar-refractivity contribution in [3.05, 3.63) is 39.4 Å². The van der Waals surface area contributed by atoms with E-state index in [4.69, 9.17) is 9.47 Å². The normalized spacial score (nSPS) is 13.2. The number of carbonyl (C=O) groups is 2. The highest BCUT2D eigenvalue weighted by Crippen LogP contribution is 2.42. The van der Waals surface area contributed by atoms with E-state index in [1.54, 1.807) is 5.51 Å². The van der Waals surface area contributed by atoms with Gasteiger partial charge in [-0.15, -0.1) is 10.2 Å². The fourth-order valence-corrected chi connectivity index (χ4v) is 3.59. The summed E-state index contributed by atoms with van der Waals surface area (Å²) < 4.78 is 10.5. The van der Waals surface area contributed by atoms with Crippen LogP contribution < -0.4 is 10.1 Å². The number of hydrogen-bond acceptors (Lipinski definition) is 8. The maximum absolute atomic E-state index is 11.9. The van der Waals surface area contributed by atoms with Crippen LogP contribution in [0.2, 0.25) is 0 Å². The lowest BCUT2D eigenvalue weighted by atomic mass is 9.94. The quantitative estimate of drug-likeness (QED) is 0.540. The Labute approximate surface area is 166 Å². The van der Waals surface area contributed by atoms with Crippen molar-refractivity contribution in [2.45, 2.75) is 39.7 Å². The number of cyclic esters (lactones) is 1. The molecule has 1 aliphatic rings. The Morgan fingerprint density at radius 2 is 2.25 bits per heavy atom. The third kappa shape index (κ3) is 3.99. The zero-order valence-corrected chi connectivity index (χ0v) is 16.7. The number of amides is 1. The number of hydrogen-bond donors (Lipinski definition) is 2. The van der Waals surface area contributed by atoms with Crippen molar-refractivity contribution in [1.29, 1.82) is 0 Å². The summed E-state index contributed by atoms with van der Waals surface area (Å²) >= 11 is 1.26. The summed E-state index contributed by atoms with van der Waals surface area (Å²) in [7, 11) is 1.53. The molecule has 0 aliphatic carbocycles. The molecule has 1 aromatic heterocycles. The van der Waals surface area contributed by atoms with Gasteiger partial charge in [-0.05, 0) is 32.3 Å². The fourth-order valence-electron chi connectivity index (χ4n) is 3.13. The number of benzene rings is 1. The van der Waals surface area contributed by atoms with Crippen molar-refractivity contribution in [3.63, 3.8) is 0 Å². The highest BCUT2D eigenvalue weighted by atomic mass is 32.1. The minimum Gasteiger partial charge on any atom is -0.507 e. The largest absolute Gasteiger partial charge is 0.507 e. The van der Waals surface area contributed by atoms with Crippen LogP contribution in [0.4, 0.5) is 5.13 Å². The van der Waals surface area contributed by atoms with Gasteiger partial charge in [0.05, 0.1) is 7.11 Å². The molecule has 0 saturated heterocycles. The van der Waals surface area contributed by atoms with Crippen LogP contribution in [-0.4, -0.2) is 34.3 Å². The van der Waals surface area contributed by atoms with Crippen LogP contribution in [0.1, 0.15) is 46.8 Å². The zero-order valence-electron chi connectivity index (χ0n) is 15.9. The fraction of sp³-hybridized carbons (Fsp3) is 0.368. The molecule has 0 unspecified atom stereocenters. The molecule has 2 N–H and O–H groups in total. The number of fused-ring (bicyclic) bond motifs is 1. The highest BCUT2D eigenvalue weighted by molar-refractivity contribution is 7.13. The molecule has 148 valence electrons. The molecule has 1 aromatic carbocycles. The number of rotatable bonds is 7. The third-order valence-corrected chi connectivity index (χ3v) is 5.26. The van der Waals surface area contributed by atoms with E-state index in [1.807, 2.05) is 19.9 Å². The van der Waals surface area contributed by atoms with Crippen LogP contribution >= 0.6 is 11.3 Å². The van der Waals surface area contributed by atoms with Crippen molar-refractivity contribution in [1.82, 2.24) is 10.2 Å². The van der Waals surface area contributed by atoms with Gasteiger partial charge < -0.3 is 19.9 Å². The molecule has 28 heavy (non-hydrogen) atoms. The summed E-state index contributed by atoms with van der Waals surface area (Å²) in [5.74, 6) is -0.208. The van der Waals surface area contributed by atoms with E-state index < -0.39 is 5.97 Å². The van der Waals surface area contributed by atoms with Gasteiger partial charge in [0, 0.05) is 17.5 Å². The SMILES string of the molecule is COc1c(C)c2c(c(O)c1C/C=C(\C)CCC(=O)Nc1nncs1)C(=O)OC2. The average Bonchev–Trinajstić information content (AvgIpc) is 3.31. The number of nitrogens with zero attached hydrogens (tertiary/aromatic N) is 2. The average molecular weight is 403 g/mol. The Morgan fingerprint density at radius 1 is 1.46 bits per heavy atom. The molecule has 0 spiro atoms. The zero-order chi connectivity index (χ0) is 20.3. The summed E-state index contributed by atoms with van der Waals surface area (Å²) in [5.41, 5.74) is 4.74. The minimum atomic E-state index is -0.520. The maximum Gasteiger partial charge on any atom is 0.342 e. The second-order valence-corrected chi connectivity index (χ2v) is 7.29. The van der Waals surface area contributed by atoms with Crippen LogP contribution in [0.5, 0.6) is 11.5 Å². The molecular weight excluding hydrogens is 382 g/mol. The summed E-state index contributed by atoms with van der Waals surface area (Å²) in [6.07, 6.45) is 3.16. The van der Waals surface area contributed by atoms with E-state index in [0.29, 0.717) is 41.3 Å². The van der Waals surface area contributed by atoms with Crippen molar-refractivity contribution in [2.75, 3.05) is 12.4 Å². The lowest BCUT2D eigenvalue weighted by Gasteiger charge is -2.15. The number of carbonyl (C=O) groups excluding carboxylic acids is 2. The molecular formula is C19H21N3O5S. The van der Waals surface area contributed by atoms with Gasteiger partial charge in [-0.1, -0.05) is 23.0 Å². The Morgan fingerprint density at radius 3 is 2.93 bits per heavy atom. The molecule has 2 aromatic rings. The molecule has 8 nitrogen and oxygen atoms in total. The van der Waals surface area contributed by atoms with E-state index in [0.717, 1.165) is 11.1 Å². The predicted octanol–water partition coefficient (Wildman–Crippen LogP) is 3.14. The van der Waals surface area contributed by atoms with Crippen LogP contribution in [0, 0.1) is 6.92 Å². The van der Waals surface area contributed by atoms with E-state index in [1.165, 1.54) is 18.4 Å². The standard InChI is InChI=1S/C19H21N3O5S/c1-10(5-7-14(23)21-19-22-20-9-28-19)4-6-12-16(24)15-13(8-27-18(15)25)11(2)17(12)26-3/h4,9,24H,5-8H2,1-3H3,(H,21,22,23)/b10-4+. The Bertz CT molecular complexity index is 938. The number of allylic oxidation sites excluding steroid dienone is 2. The number of ether oxygens (including phenoxy) is 2. The number of aromatic hydroxyl groups is 1. The van der Waals surface area contributed by atoms with Crippen LogP contribution in [-0.2, 0) is 22.6 Å².